The standard InChI is InChI=1S/C16H14IN3O.ClH/c1-10(18)15-19-14-5-3-2-4-13(14)16(21)20(15)12-8-6-11(17)7-9-12;/h2-10H,18H2,1H3;1H. The molecule has 0 amide bonds. The first-order valence-corrected chi connectivity index (χ1v) is 7.69. The number of rotatable bonds is 2. The summed E-state index contributed by atoms with van der Waals surface area (Å²) in [5, 5.41) is 0.598. The van der Waals surface area contributed by atoms with Gasteiger partial charge in [0.2, 0.25) is 0 Å². The lowest BCUT2D eigenvalue weighted by Gasteiger charge is -2.16. The second-order valence-electron chi connectivity index (χ2n) is 4.89. The van der Waals surface area contributed by atoms with Crippen molar-refractivity contribution in [2.75, 3.05) is 0 Å². The second-order valence-corrected chi connectivity index (χ2v) is 6.14. The number of benzene rings is 2. The van der Waals surface area contributed by atoms with Crippen molar-refractivity contribution in [3.05, 3.63) is 68.3 Å². The van der Waals surface area contributed by atoms with E-state index in [0.717, 1.165) is 9.26 Å². The molecule has 3 aromatic rings. The topological polar surface area (TPSA) is 60.9 Å². The van der Waals surface area contributed by atoms with Crippen molar-refractivity contribution in [2.24, 2.45) is 5.73 Å². The van der Waals surface area contributed by atoms with Crippen LogP contribution in [0.2, 0.25) is 0 Å². The molecule has 1 aromatic heterocycles. The summed E-state index contributed by atoms with van der Waals surface area (Å²) in [5.41, 5.74) is 7.39. The third kappa shape index (κ3) is 3.02. The quantitative estimate of drug-likeness (QED) is 0.638. The predicted octanol–water partition coefficient (Wildman–Crippen LogP) is 3.43. The van der Waals surface area contributed by atoms with Crippen LogP contribution >= 0.6 is 35.0 Å². The zero-order chi connectivity index (χ0) is 15.0. The minimum absolute atomic E-state index is 0. The largest absolute Gasteiger partial charge is 0.322 e. The lowest BCUT2D eigenvalue weighted by Crippen LogP contribution is -2.27. The smallest absolute Gasteiger partial charge is 0.266 e. The van der Waals surface area contributed by atoms with Gasteiger partial charge >= 0.3 is 0 Å². The average molecular weight is 428 g/mol. The highest BCUT2D eigenvalue weighted by Crippen LogP contribution is 2.17. The summed E-state index contributed by atoms with van der Waals surface area (Å²) in [6, 6.07) is 14.7. The Balaban J connectivity index is 0.00000176. The van der Waals surface area contributed by atoms with Gasteiger partial charge in [-0.15, -0.1) is 12.4 Å². The molecule has 0 saturated carbocycles. The molecule has 3 rings (SSSR count). The Hall–Kier alpha value is -1.44. The SMILES string of the molecule is CC(N)c1nc2ccccc2c(=O)n1-c1ccc(I)cc1.Cl. The van der Waals surface area contributed by atoms with Gasteiger partial charge in [0.05, 0.1) is 22.6 Å². The fourth-order valence-corrected chi connectivity index (χ4v) is 2.65. The number of para-hydroxylation sites is 1. The average Bonchev–Trinajstić information content (AvgIpc) is 2.48. The number of hydrogen-bond acceptors (Lipinski definition) is 3. The van der Waals surface area contributed by atoms with Gasteiger partial charge in [-0.1, -0.05) is 12.1 Å². The van der Waals surface area contributed by atoms with Crippen molar-refractivity contribution < 1.29 is 0 Å². The van der Waals surface area contributed by atoms with Crippen molar-refractivity contribution in [3.8, 4) is 5.69 Å². The zero-order valence-electron chi connectivity index (χ0n) is 11.9. The molecule has 0 aliphatic heterocycles. The lowest BCUT2D eigenvalue weighted by atomic mass is 10.2. The van der Waals surface area contributed by atoms with Crippen LogP contribution in [-0.2, 0) is 0 Å². The Bertz CT molecular complexity index is 859. The molecule has 4 nitrogen and oxygen atoms in total. The highest BCUT2D eigenvalue weighted by atomic mass is 127. The van der Waals surface area contributed by atoms with E-state index in [2.05, 4.69) is 27.6 Å². The Labute approximate surface area is 147 Å². The highest BCUT2D eigenvalue weighted by molar-refractivity contribution is 14.1. The maximum Gasteiger partial charge on any atom is 0.266 e. The van der Waals surface area contributed by atoms with Crippen LogP contribution in [-0.4, -0.2) is 9.55 Å². The van der Waals surface area contributed by atoms with Crippen LogP contribution in [0.4, 0.5) is 0 Å². The molecule has 1 heterocycles. The third-order valence-electron chi connectivity index (χ3n) is 3.29. The number of nitrogens with two attached hydrogens (primary N) is 1. The number of fused-ring (bicyclic) bond motifs is 1. The van der Waals surface area contributed by atoms with Crippen molar-refractivity contribution >= 4 is 45.9 Å². The van der Waals surface area contributed by atoms with Gasteiger partial charge in [-0.25, -0.2) is 4.98 Å². The molecule has 2 aromatic carbocycles. The van der Waals surface area contributed by atoms with Crippen LogP contribution in [0.3, 0.4) is 0 Å². The number of nitrogens with zero attached hydrogens (tertiary/aromatic N) is 2. The van der Waals surface area contributed by atoms with Crippen LogP contribution in [0.25, 0.3) is 16.6 Å². The summed E-state index contributed by atoms with van der Waals surface area (Å²) in [5.74, 6) is 0.569. The van der Waals surface area contributed by atoms with Crippen LogP contribution in [0.1, 0.15) is 18.8 Å². The zero-order valence-corrected chi connectivity index (χ0v) is 14.8. The van der Waals surface area contributed by atoms with E-state index in [0.29, 0.717) is 16.7 Å². The van der Waals surface area contributed by atoms with Gasteiger partial charge in [0.1, 0.15) is 5.82 Å². The summed E-state index contributed by atoms with van der Waals surface area (Å²) in [7, 11) is 0. The molecule has 0 spiro atoms. The minimum Gasteiger partial charge on any atom is -0.322 e. The number of hydrogen-bond donors (Lipinski definition) is 1. The molecule has 0 bridgehead atoms. The van der Waals surface area contributed by atoms with Gasteiger partial charge in [0.15, 0.2) is 0 Å². The van der Waals surface area contributed by atoms with Crippen molar-refractivity contribution in [1.82, 2.24) is 9.55 Å². The number of halogens is 2. The summed E-state index contributed by atoms with van der Waals surface area (Å²) < 4.78 is 2.71. The van der Waals surface area contributed by atoms with Crippen LogP contribution < -0.4 is 11.3 Å². The van der Waals surface area contributed by atoms with E-state index in [4.69, 9.17) is 5.73 Å². The summed E-state index contributed by atoms with van der Waals surface area (Å²) in [6.45, 7) is 1.83. The van der Waals surface area contributed by atoms with Crippen LogP contribution in [0.5, 0.6) is 0 Å². The highest BCUT2D eigenvalue weighted by Gasteiger charge is 2.15. The molecule has 0 fully saturated rings. The van der Waals surface area contributed by atoms with E-state index < -0.39 is 0 Å². The van der Waals surface area contributed by atoms with E-state index in [1.165, 1.54) is 0 Å². The van der Waals surface area contributed by atoms with Gasteiger partial charge in [0.25, 0.3) is 5.56 Å². The molecular weight excluding hydrogens is 413 g/mol. The summed E-state index contributed by atoms with van der Waals surface area (Å²) in [6.07, 6.45) is 0. The first-order chi connectivity index (χ1) is 10.1. The monoisotopic (exact) mass is 427 g/mol. The summed E-state index contributed by atoms with van der Waals surface area (Å²) >= 11 is 2.23. The van der Waals surface area contributed by atoms with Crippen molar-refractivity contribution in [1.29, 1.82) is 0 Å². The van der Waals surface area contributed by atoms with E-state index >= 15 is 0 Å². The Morgan fingerprint density at radius 1 is 1.14 bits per heavy atom. The predicted molar refractivity (Wildman–Crippen MR) is 99.9 cm³/mol. The Morgan fingerprint density at radius 3 is 2.41 bits per heavy atom. The molecule has 6 heteroatoms. The Kier molecular flexibility index (Phi) is 5.20. The van der Waals surface area contributed by atoms with Crippen molar-refractivity contribution in [2.45, 2.75) is 13.0 Å². The van der Waals surface area contributed by atoms with Gasteiger partial charge in [-0.05, 0) is 65.9 Å². The molecule has 1 atom stereocenters. The van der Waals surface area contributed by atoms with Gasteiger partial charge < -0.3 is 5.73 Å². The molecular formula is C16H15ClIN3O. The van der Waals surface area contributed by atoms with Crippen molar-refractivity contribution in [3.63, 3.8) is 0 Å². The second kappa shape index (κ2) is 6.76. The van der Waals surface area contributed by atoms with E-state index in [1.807, 2.05) is 49.4 Å². The number of aromatic nitrogens is 2. The van der Waals surface area contributed by atoms with Crippen LogP contribution in [0.15, 0.2) is 53.3 Å². The Morgan fingerprint density at radius 2 is 1.77 bits per heavy atom. The van der Waals surface area contributed by atoms with Gasteiger partial charge in [0, 0.05) is 3.57 Å². The third-order valence-corrected chi connectivity index (χ3v) is 4.01. The molecule has 1 unspecified atom stereocenters. The summed E-state index contributed by atoms with van der Waals surface area (Å²) in [4.78, 5) is 17.4. The van der Waals surface area contributed by atoms with Gasteiger partial charge in [-0.2, -0.15) is 0 Å². The first kappa shape index (κ1) is 16.9. The fourth-order valence-electron chi connectivity index (χ4n) is 2.30. The van der Waals surface area contributed by atoms with Gasteiger partial charge in [-0.3, -0.25) is 9.36 Å². The maximum absolute atomic E-state index is 12.8. The molecule has 114 valence electrons. The lowest BCUT2D eigenvalue weighted by molar-refractivity contribution is 0.696. The first-order valence-electron chi connectivity index (χ1n) is 6.61. The molecule has 22 heavy (non-hydrogen) atoms. The normalized spacial score (nSPS) is 12.0. The van der Waals surface area contributed by atoms with E-state index in [1.54, 1.807) is 10.6 Å². The molecule has 0 radical (unpaired) electrons. The van der Waals surface area contributed by atoms with Crippen LogP contribution in [0, 0.1) is 3.57 Å². The molecule has 0 aliphatic rings. The molecule has 2 N–H and O–H groups in total. The van der Waals surface area contributed by atoms with E-state index in [9.17, 15) is 4.79 Å². The molecule has 0 aliphatic carbocycles. The maximum atomic E-state index is 12.8. The molecule has 0 saturated heterocycles. The minimum atomic E-state index is -0.332. The fraction of sp³-hybridized carbons (Fsp3) is 0.125. The van der Waals surface area contributed by atoms with E-state index in [-0.39, 0.29) is 24.0 Å².